The minimum absolute atomic E-state index is 0.227. The third-order valence-electron chi connectivity index (χ3n) is 5.93. The van der Waals surface area contributed by atoms with Crippen LogP contribution in [0.15, 0.2) is 59.9 Å². The lowest BCUT2D eigenvalue weighted by Crippen LogP contribution is -2.47. The maximum atomic E-state index is 13.8. The Hall–Kier alpha value is -3.09. The number of nitrogens with zero attached hydrogens (tertiary/aromatic N) is 2. The normalized spacial score (nSPS) is 17.9. The van der Waals surface area contributed by atoms with Crippen molar-refractivity contribution in [3.8, 4) is 0 Å². The molecule has 174 valence electrons. The van der Waals surface area contributed by atoms with E-state index in [2.05, 4.69) is 10.3 Å². The molecule has 1 N–H and O–H groups in total. The van der Waals surface area contributed by atoms with Gasteiger partial charge in [-0.05, 0) is 62.2 Å². The number of ether oxygens (including phenoxy) is 1. The SMILES string of the molecule is CC(C)(C)OC(=O)N1CCC2=C(C1=O)C(c1ccc(Cl)cc1Cl)c1cc3ncccc3cc1N2. The first-order valence-electron chi connectivity index (χ1n) is 11.0. The van der Waals surface area contributed by atoms with Gasteiger partial charge >= 0.3 is 6.09 Å². The second-order valence-electron chi connectivity index (χ2n) is 9.44. The number of amides is 2. The predicted molar refractivity (Wildman–Crippen MR) is 133 cm³/mol. The molecule has 0 aliphatic carbocycles. The van der Waals surface area contributed by atoms with Crippen molar-refractivity contribution in [3.63, 3.8) is 0 Å². The molecule has 8 heteroatoms. The van der Waals surface area contributed by atoms with Crippen molar-refractivity contribution in [2.45, 2.75) is 38.7 Å². The van der Waals surface area contributed by atoms with Gasteiger partial charge in [0.05, 0.1) is 5.52 Å². The van der Waals surface area contributed by atoms with E-state index in [1.807, 2.05) is 30.3 Å². The lowest BCUT2D eigenvalue weighted by Gasteiger charge is -2.38. The highest BCUT2D eigenvalue weighted by molar-refractivity contribution is 6.35. The summed E-state index contributed by atoms with van der Waals surface area (Å²) in [6.07, 6.45) is 1.55. The molecule has 3 aromatic rings. The number of halogens is 2. The summed E-state index contributed by atoms with van der Waals surface area (Å²) in [4.78, 5) is 32.3. The molecule has 0 bridgehead atoms. The number of imide groups is 1. The maximum absolute atomic E-state index is 13.8. The number of aromatic nitrogens is 1. The number of nitrogens with one attached hydrogen (secondary N) is 1. The number of rotatable bonds is 1. The number of carbonyl (C=O) groups excluding carboxylic acids is 2. The zero-order chi connectivity index (χ0) is 24.2. The van der Waals surface area contributed by atoms with E-state index in [1.54, 1.807) is 39.1 Å². The number of pyridine rings is 1. The average Bonchev–Trinajstić information content (AvgIpc) is 2.76. The van der Waals surface area contributed by atoms with E-state index in [4.69, 9.17) is 27.9 Å². The molecule has 2 aliphatic rings. The maximum Gasteiger partial charge on any atom is 0.417 e. The minimum Gasteiger partial charge on any atom is -0.443 e. The molecule has 34 heavy (non-hydrogen) atoms. The van der Waals surface area contributed by atoms with Gasteiger partial charge in [0.15, 0.2) is 0 Å². The van der Waals surface area contributed by atoms with Crippen molar-refractivity contribution < 1.29 is 14.3 Å². The van der Waals surface area contributed by atoms with Crippen LogP contribution in [0.4, 0.5) is 10.5 Å². The minimum atomic E-state index is -0.715. The van der Waals surface area contributed by atoms with Crippen LogP contribution in [0.5, 0.6) is 0 Å². The molecule has 5 rings (SSSR count). The number of hydrogen-bond acceptors (Lipinski definition) is 5. The highest BCUT2D eigenvalue weighted by Crippen LogP contribution is 2.47. The Bertz CT molecular complexity index is 1380. The summed E-state index contributed by atoms with van der Waals surface area (Å²) in [7, 11) is 0. The molecule has 0 fully saturated rings. The molecule has 3 heterocycles. The highest BCUT2D eigenvalue weighted by Gasteiger charge is 2.42. The fourth-order valence-electron chi connectivity index (χ4n) is 4.51. The molecule has 1 atom stereocenters. The molecular weight excluding hydrogens is 473 g/mol. The van der Waals surface area contributed by atoms with E-state index in [1.165, 1.54) is 4.90 Å². The zero-order valence-corrected chi connectivity index (χ0v) is 20.5. The van der Waals surface area contributed by atoms with Gasteiger partial charge in [0.1, 0.15) is 5.60 Å². The predicted octanol–water partition coefficient (Wildman–Crippen LogP) is 6.52. The van der Waals surface area contributed by atoms with Gasteiger partial charge < -0.3 is 10.1 Å². The summed E-state index contributed by atoms with van der Waals surface area (Å²) < 4.78 is 5.50. The van der Waals surface area contributed by atoms with Gasteiger partial charge in [-0.1, -0.05) is 35.3 Å². The molecule has 2 aromatic carbocycles. The van der Waals surface area contributed by atoms with Crippen molar-refractivity contribution >= 4 is 51.8 Å². The van der Waals surface area contributed by atoms with Crippen LogP contribution in [-0.2, 0) is 9.53 Å². The summed E-state index contributed by atoms with van der Waals surface area (Å²) in [6.45, 7) is 5.55. The van der Waals surface area contributed by atoms with Crippen LogP contribution in [-0.4, -0.2) is 34.0 Å². The van der Waals surface area contributed by atoms with E-state index in [-0.39, 0.29) is 6.54 Å². The molecule has 0 spiro atoms. The van der Waals surface area contributed by atoms with Crippen LogP contribution in [0.25, 0.3) is 10.9 Å². The van der Waals surface area contributed by atoms with Crippen LogP contribution in [0.1, 0.15) is 44.2 Å². The highest BCUT2D eigenvalue weighted by atomic mass is 35.5. The van der Waals surface area contributed by atoms with E-state index in [0.717, 1.165) is 33.4 Å². The largest absolute Gasteiger partial charge is 0.443 e. The van der Waals surface area contributed by atoms with Crippen LogP contribution in [0, 0.1) is 0 Å². The average molecular weight is 496 g/mol. The summed E-state index contributed by atoms with van der Waals surface area (Å²) >= 11 is 12.8. The van der Waals surface area contributed by atoms with Gasteiger partial charge in [-0.25, -0.2) is 9.69 Å². The number of hydrogen-bond donors (Lipinski definition) is 1. The van der Waals surface area contributed by atoms with Crippen LogP contribution < -0.4 is 5.32 Å². The fraction of sp³-hybridized carbons (Fsp3) is 0.269. The van der Waals surface area contributed by atoms with Crippen LogP contribution in [0.2, 0.25) is 10.0 Å². The Labute approximate surface area is 207 Å². The quantitative estimate of drug-likeness (QED) is 0.415. The topological polar surface area (TPSA) is 71.5 Å². The molecule has 1 aromatic heterocycles. The molecule has 6 nitrogen and oxygen atoms in total. The third-order valence-corrected chi connectivity index (χ3v) is 6.50. The van der Waals surface area contributed by atoms with E-state index in [9.17, 15) is 9.59 Å². The van der Waals surface area contributed by atoms with Crippen molar-refractivity contribution in [1.82, 2.24) is 9.88 Å². The molecule has 2 amide bonds. The van der Waals surface area contributed by atoms with Gasteiger partial charge in [0.2, 0.25) is 0 Å². The first-order valence-corrected chi connectivity index (χ1v) is 11.8. The fourth-order valence-corrected chi connectivity index (χ4v) is 5.03. The van der Waals surface area contributed by atoms with Gasteiger partial charge in [0, 0.05) is 57.5 Å². The van der Waals surface area contributed by atoms with Crippen molar-refractivity contribution in [2.75, 3.05) is 11.9 Å². The van der Waals surface area contributed by atoms with Crippen molar-refractivity contribution in [2.24, 2.45) is 0 Å². The molecule has 1 unspecified atom stereocenters. The number of carbonyl (C=O) groups is 2. The second-order valence-corrected chi connectivity index (χ2v) is 10.3. The first-order chi connectivity index (χ1) is 16.1. The summed E-state index contributed by atoms with van der Waals surface area (Å²) in [5.41, 5.74) is 3.81. The monoisotopic (exact) mass is 495 g/mol. The van der Waals surface area contributed by atoms with Crippen molar-refractivity contribution in [1.29, 1.82) is 0 Å². The molecule has 2 aliphatic heterocycles. The van der Waals surface area contributed by atoms with Crippen LogP contribution in [0.3, 0.4) is 0 Å². The number of anilines is 1. The van der Waals surface area contributed by atoms with E-state index >= 15 is 0 Å². The molecular formula is C26H23Cl2N3O3. The third kappa shape index (κ3) is 4.01. The smallest absolute Gasteiger partial charge is 0.417 e. The van der Waals surface area contributed by atoms with Gasteiger partial charge in [-0.15, -0.1) is 0 Å². The Kier molecular flexibility index (Phi) is 5.53. The standard InChI is InChI=1S/C26H23Cl2N3O3/c1-26(2,3)34-25(33)31-10-8-19-23(24(31)32)22(16-7-6-15(27)12-18(16)28)17-13-20-14(5-4-9-29-20)11-21(17)30-19/h4-7,9,11-13,22,30H,8,10H2,1-3H3. The van der Waals surface area contributed by atoms with Crippen molar-refractivity contribution in [3.05, 3.63) is 81.1 Å². The lowest BCUT2D eigenvalue weighted by atomic mass is 9.78. The number of benzene rings is 2. The lowest BCUT2D eigenvalue weighted by molar-refractivity contribution is -0.127. The van der Waals surface area contributed by atoms with Crippen LogP contribution >= 0.6 is 23.2 Å². The second kappa shape index (κ2) is 8.29. The van der Waals surface area contributed by atoms with E-state index < -0.39 is 23.5 Å². The van der Waals surface area contributed by atoms with Gasteiger partial charge in [-0.3, -0.25) is 9.78 Å². The molecule has 0 saturated heterocycles. The molecule has 0 saturated carbocycles. The van der Waals surface area contributed by atoms with E-state index in [0.29, 0.717) is 22.0 Å². The Morgan fingerprint density at radius 3 is 2.68 bits per heavy atom. The summed E-state index contributed by atoms with van der Waals surface area (Å²) in [5, 5.41) is 5.37. The Morgan fingerprint density at radius 2 is 1.94 bits per heavy atom. The Balaban J connectivity index is 1.68. The Morgan fingerprint density at radius 1 is 1.15 bits per heavy atom. The molecule has 0 radical (unpaired) electrons. The number of fused-ring (bicyclic) bond motifs is 2. The summed E-state index contributed by atoms with van der Waals surface area (Å²) in [5.74, 6) is -0.897. The van der Waals surface area contributed by atoms with Gasteiger partial charge in [-0.2, -0.15) is 0 Å². The summed E-state index contributed by atoms with van der Waals surface area (Å²) in [6, 6.07) is 13.1. The van der Waals surface area contributed by atoms with Gasteiger partial charge in [0.25, 0.3) is 5.91 Å². The first kappa shape index (κ1) is 22.7. The zero-order valence-electron chi connectivity index (χ0n) is 19.0.